The lowest BCUT2D eigenvalue weighted by Crippen LogP contribution is -2.33. The van der Waals surface area contributed by atoms with Crippen LogP contribution in [0.15, 0.2) is 24.3 Å². The third kappa shape index (κ3) is 3.69. The number of ether oxygens (including phenoxy) is 2. The Balaban J connectivity index is 2.86. The molecule has 3 nitrogen and oxygen atoms in total. The van der Waals surface area contributed by atoms with Gasteiger partial charge in [0.1, 0.15) is 12.4 Å². The lowest BCUT2D eigenvalue weighted by molar-refractivity contribution is -0.253. The van der Waals surface area contributed by atoms with Crippen LogP contribution in [-0.4, -0.2) is 32.0 Å². The first-order chi connectivity index (χ1) is 8.36. The Morgan fingerprint density at radius 1 is 1.39 bits per heavy atom. The summed E-state index contributed by atoms with van der Waals surface area (Å²) >= 11 is 0. The summed E-state index contributed by atoms with van der Waals surface area (Å²) in [6, 6.07) is 4.60. The van der Waals surface area contributed by atoms with Crippen LogP contribution in [-0.2, 0) is 4.74 Å². The van der Waals surface area contributed by atoms with Gasteiger partial charge < -0.3 is 9.47 Å². The number of halogens is 4. The minimum Gasteiger partial charge on any atom is -0.428 e. The molecule has 0 bridgehead atoms. The van der Waals surface area contributed by atoms with Crippen LogP contribution in [0.3, 0.4) is 0 Å². The summed E-state index contributed by atoms with van der Waals surface area (Å²) in [5.74, 6) is -0.981. The van der Waals surface area contributed by atoms with Crippen LogP contribution in [0.1, 0.15) is 10.4 Å². The molecule has 0 unspecified atom stereocenters. The SMILES string of the molecule is COCC(=O)c1cccc(OC(F)(F)C(F)F)c1. The van der Waals surface area contributed by atoms with Crippen LogP contribution in [0.5, 0.6) is 5.75 Å². The number of carbonyl (C=O) groups excluding carboxylic acids is 1. The molecule has 0 saturated heterocycles. The topological polar surface area (TPSA) is 35.5 Å². The number of carbonyl (C=O) groups is 1. The van der Waals surface area contributed by atoms with Crippen molar-refractivity contribution in [1.29, 1.82) is 0 Å². The van der Waals surface area contributed by atoms with Crippen LogP contribution >= 0.6 is 0 Å². The second kappa shape index (κ2) is 5.81. The van der Waals surface area contributed by atoms with Gasteiger partial charge in [-0.2, -0.15) is 17.6 Å². The van der Waals surface area contributed by atoms with E-state index in [1.807, 2.05) is 0 Å². The predicted octanol–water partition coefficient (Wildman–Crippen LogP) is 2.75. The smallest absolute Gasteiger partial charge is 0.428 e. The number of hydrogen-bond donors (Lipinski definition) is 0. The second-order valence-electron chi connectivity index (χ2n) is 3.35. The first kappa shape index (κ1) is 14.4. The zero-order valence-electron chi connectivity index (χ0n) is 9.33. The van der Waals surface area contributed by atoms with E-state index >= 15 is 0 Å². The van der Waals surface area contributed by atoms with E-state index in [1.165, 1.54) is 19.2 Å². The van der Waals surface area contributed by atoms with Crippen LogP contribution < -0.4 is 4.74 Å². The third-order valence-corrected chi connectivity index (χ3v) is 1.94. The lowest BCUT2D eigenvalue weighted by Gasteiger charge is -2.17. The summed E-state index contributed by atoms with van der Waals surface area (Å²) in [5.41, 5.74) is 0.0411. The number of hydrogen-bond acceptors (Lipinski definition) is 3. The highest BCUT2D eigenvalue weighted by atomic mass is 19.3. The Kier molecular flexibility index (Phi) is 4.66. The molecule has 0 fully saturated rings. The molecule has 0 aliphatic rings. The average molecular weight is 266 g/mol. The molecule has 0 saturated carbocycles. The predicted molar refractivity (Wildman–Crippen MR) is 54.2 cm³/mol. The zero-order chi connectivity index (χ0) is 13.8. The average Bonchev–Trinajstić information content (AvgIpc) is 2.29. The van der Waals surface area contributed by atoms with Crippen molar-refractivity contribution in [2.24, 2.45) is 0 Å². The van der Waals surface area contributed by atoms with E-state index in [9.17, 15) is 22.4 Å². The Bertz CT molecular complexity index is 421. The fourth-order valence-corrected chi connectivity index (χ4v) is 1.15. The molecule has 0 amide bonds. The van der Waals surface area contributed by atoms with Crippen LogP contribution in [0, 0.1) is 0 Å². The quantitative estimate of drug-likeness (QED) is 0.586. The minimum atomic E-state index is -4.59. The van der Waals surface area contributed by atoms with Gasteiger partial charge in [-0.3, -0.25) is 4.79 Å². The molecule has 100 valence electrons. The van der Waals surface area contributed by atoms with Crippen molar-refractivity contribution in [2.75, 3.05) is 13.7 Å². The van der Waals surface area contributed by atoms with E-state index in [0.29, 0.717) is 0 Å². The largest absolute Gasteiger partial charge is 0.461 e. The third-order valence-electron chi connectivity index (χ3n) is 1.94. The van der Waals surface area contributed by atoms with Crippen molar-refractivity contribution < 1.29 is 31.8 Å². The maximum absolute atomic E-state index is 12.6. The van der Waals surface area contributed by atoms with E-state index in [-0.39, 0.29) is 12.2 Å². The first-order valence-electron chi connectivity index (χ1n) is 4.84. The normalized spacial score (nSPS) is 11.7. The molecule has 1 aromatic carbocycles. The highest BCUT2D eigenvalue weighted by Crippen LogP contribution is 2.27. The van der Waals surface area contributed by atoms with E-state index in [2.05, 4.69) is 9.47 Å². The van der Waals surface area contributed by atoms with Gasteiger partial charge in [-0.15, -0.1) is 0 Å². The molecule has 0 atom stereocenters. The summed E-state index contributed by atoms with van der Waals surface area (Å²) in [7, 11) is 1.29. The Morgan fingerprint density at radius 2 is 2.06 bits per heavy atom. The van der Waals surface area contributed by atoms with Gasteiger partial charge in [0.2, 0.25) is 0 Å². The minimum absolute atomic E-state index is 0.0411. The molecule has 0 radical (unpaired) electrons. The number of rotatable bonds is 6. The molecule has 0 N–H and O–H groups in total. The summed E-state index contributed by atoms with van der Waals surface area (Å²) < 4.78 is 57.5. The van der Waals surface area contributed by atoms with Crippen LogP contribution in [0.25, 0.3) is 0 Å². The van der Waals surface area contributed by atoms with Crippen LogP contribution in [0.4, 0.5) is 17.6 Å². The van der Waals surface area contributed by atoms with Crippen molar-refractivity contribution in [3.63, 3.8) is 0 Å². The Hall–Kier alpha value is -1.63. The van der Waals surface area contributed by atoms with Gasteiger partial charge in [-0.25, -0.2) is 0 Å². The molecule has 1 aromatic rings. The lowest BCUT2D eigenvalue weighted by atomic mass is 10.1. The number of alkyl halides is 4. The molecule has 18 heavy (non-hydrogen) atoms. The summed E-state index contributed by atoms with van der Waals surface area (Å²) in [6.07, 6.45) is -8.54. The van der Waals surface area contributed by atoms with Gasteiger partial charge in [-0.05, 0) is 12.1 Å². The molecular formula is C11H10F4O3. The van der Waals surface area contributed by atoms with Crippen molar-refractivity contribution in [3.05, 3.63) is 29.8 Å². The van der Waals surface area contributed by atoms with Gasteiger partial charge in [0.15, 0.2) is 5.78 Å². The molecule has 0 heterocycles. The molecular weight excluding hydrogens is 256 g/mol. The summed E-state index contributed by atoms with van der Waals surface area (Å²) in [4.78, 5) is 11.4. The van der Waals surface area contributed by atoms with Gasteiger partial charge in [0, 0.05) is 12.7 Å². The Morgan fingerprint density at radius 3 is 2.61 bits per heavy atom. The fraction of sp³-hybridized carbons (Fsp3) is 0.364. The number of benzene rings is 1. The van der Waals surface area contributed by atoms with Crippen LogP contribution in [0.2, 0.25) is 0 Å². The maximum Gasteiger partial charge on any atom is 0.461 e. The number of Topliss-reactive ketones (excluding diaryl/α,β-unsaturated/α-hetero) is 1. The second-order valence-corrected chi connectivity index (χ2v) is 3.35. The monoisotopic (exact) mass is 266 g/mol. The van der Waals surface area contributed by atoms with Gasteiger partial charge in [0.25, 0.3) is 0 Å². The maximum atomic E-state index is 12.6. The molecule has 0 spiro atoms. The molecule has 1 rings (SSSR count). The van der Waals surface area contributed by atoms with E-state index in [1.54, 1.807) is 0 Å². The first-order valence-corrected chi connectivity index (χ1v) is 4.84. The van der Waals surface area contributed by atoms with Crippen molar-refractivity contribution in [3.8, 4) is 5.75 Å². The standard InChI is InChI=1S/C11H10F4O3/c1-17-6-9(16)7-3-2-4-8(5-7)18-11(14,15)10(12)13/h2-5,10H,6H2,1H3. The molecule has 0 aliphatic heterocycles. The fourth-order valence-electron chi connectivity index (χ4n) is 1.15. The highest BCUT2D eigenvalue weighted by molar-refractivity contribution is 5.97. The summed E-state index contributed by atoms with van der Waals surface area (Å²) in [6.45, 7) is -0.241. The number of methoxy groups -OCH3 is 1. The molecule has 0 aliphatic carbocycles. The van der Waals surface area contributed by atoms with Crippen molar-refractivity contribution >= 4 is 5.78 Å². The van der Waals surface area contributed by atoms with E-state index in [4.69, 9.17) is 0 Å². The number of ketones is 1. The van der Waals surface area contributed by atoms with Gasteiger partial charge in [0.05, 0.1) is 0 Å². The van der Waals surface area contributed by atoms with E-state index < -0.39 is 24.1 Å². The Labute approximate surface area is 100 Å². The summed E-state index contributed by atoms with van der Waals surface area (Å²) in [5, 5.41) is 0. The van der Waals surface area contributed by atoms with Gasteiger partial charge >= 0.3 is 12.5 Å². The highest BCUT2D eigenvalue weighted by Gasteiger charge is 2.44. The zero-order valence-corrected chi connectivity index (χ0v) is 9.33. The van der Waals surface area contributed by atoms with Crippen molar-refractivity contribution in [2.45, 2.75) is 12.5 Å². The van der Waals surface area contributed by atoms with E-state index in [0.717, 1.165) is 12.1 Å². The molecule has 7 heteroatoms. The van der Waals surface area contributed by atoms with Gasteiger partial charge in [-0.1, -0.05) is 12.1 Å². The van der Waals surface area contributed by atoms with Crippen molar-refractivity contribution in [1.82, 2.24) is 0 Å². The molecule has 0 aromatic heterocycles.